The molecule has 15 nitrogen and oxygen atoms in total. The zero-order valence-corrected chi connectivity index (χ0v) is 36.5. The Balaban J connectivity index is 0.00000870. The van der Waals surface area contributed by atoms with Crippen LogP contribution in [0.3, 0.4) is 0 Å². The number of esters is 2. The molecule has 0 aliphatic carbocycles. The molecule has 1 heterocycles. The van der Waals surface area contributed by atoms with E-state index in [2.05, 4.69) is 5.32 Å². The summed E-state index contributed by atoms with van der Waals surface area (Å²) in [6.07, 6.45) is 3.48. The molecule has 2 atom stereocenters. The quantitative estimate of drug-likeness (QED) is 0.0293. The van der Waals surface area contributed by atoms with Crippen molar-refractivity contribution in [3.8, 4) is 0 Å². The van der Waals surface area contributed by atoms with E-state index >= 15 is 8.78 Å². The van der Waals surface area contributed by atoms with Gasteiger partial charge in [-0.05, 0) is 69.2 Å². The van der Waals surface area contributed by atoms with E-state index in [1.807, 2.05) is 0 Å². The molecule has 0 spiro atoms. The number of hydrogen-bond donors (Lipinski definition) is 6. The van der Waals surface area contributed by atoms with E-state index in [-0.39, 0.29) is 86.2 Å². The van der Waals surface area contributed by atoms with Gasteiger partial charge in [-0.15, -0.1) is 0 Å². The Morgan fingerprint density at radius 3 is 2.17 bits per heavy atom. The summed E-state index contributed by atoms with van der Waals surface area (Å²) in [5, 5.41) is 9.06. The summed E-state index contributed by atoms with van der Waals surface area (Å²) in [5.74, 6) is -5.44. The van der Waals surface area contributed by atoms with Gasteiger partial charge in [0.05, 0.1) is 19.1 Å². The summed E-state index contributed by atoms with van der Waals surface area (Å²) >= 11 is 0. The number of alkyl halides is 2. The number of amides is 2. The fraction of sp³-hybridized carbons (Fsp3) is 0.526. The number of benzene rings is 2. The molecule has 318 valence electrons. The summed E-state index contributed by atoms with van der Waals surface area (Å²) < 4.78 is 65.0. The zero-order valence-electron chi connectivity index (χ0n) is 33.7. The second-order valence-corrected chi connectivity index (χ2v) is 17.8. The Hall–Kier alpha value is -2.82. The summed E-state index contributed by atoms with van der Waals surface area (Å²) in [5.41, 5.74) is 0.210. The minimum absolute atomic E-state index is 0. The molecule has 2 aromatic carbocycles. The number of nitrogens with zero attached hydrogens (tertiary/aromatic N) is 1. The van der Waals surface area contributed by atoms with Crippen LogP contribution < -0.4 is 34.9 Å². The van der Waals surface area contributed by atoms with Crippen molar-refractivity contribution in [2.24, 2.45) is 0 Å². The molecule has 0 bridgehead atoms. The smallest absolute Gasteiger partial charge is 1.00 e. The third-order valence-electron chi connectivity index (χ3n) is 9.46. The molecule has 1 saturated heterocycles. The number of likely N-dealkylation sites (tertiary alicyclic amines) is 1. The summed E-state index contributed by atoms with van der Waals surface area (Å²) in [6, 6.07) is 12.2. The molecule has 0 aromatic heterocycles. The maximum absolute atomic E-state index is 15.9. The Bertz CT molecular complexity index is 1760. The van der Waals surface area contributed by atoms with Crippen molar-refractivity contribution in [2.45, 2.75) is 107 Å². The molecule has 1 aliphatic heterocycles. The molecule has 3 rings (SSSR count). The monoisotopic (exact) mass is 868 g/mol. The van der Waals surface area contributed by atoms with Crippen LogP contribution in [0, 0.1) is 0 Å². The van der Waals surface area contributed by atoms with E-state index in [1.165, 1.54) is 54.6 Å². The van der Waals surface area contributed by atoms with Crippen LogP contribution in [0.25, 0.3) is 0 Å². The Morgan fingerprint density at radius 1 is 0.931 bits per heavy atom. The van der Waals surface area contributed by atoms with Crippen LogP contribution in [0.4, 0.5) is 8.78 Å². The number of rotatable bonds is 24. The maximum atomic E-state index is 15.9. The first-order valence-electron chi connectivity index (χ1n) is 18.8. The second kappa shape index (κ2) is 23.8. The van der Waals surface area contributed by atoms with Gasteiger partial charge in [-0.3, -0.25) is 28.3 Å². The van der Waals surface area contributed by atoms with Crippen LogP contribution in [0.2, 0.25) is 0 Å². The SMILES string of the molecule is CCOC(=O)CCCCCCN1C(=O)CC[C@@H]1/C=C/[C@@H](OC(=O)Cc1ccc(C(=O)NCCCCCC(O)(P(=O)(O)O)P(=O)(O)O)cc1)C(F)(F)c1ccccc1.[H-].[Na+]. The van der Waals surface area contributed by atoms with Gasteiger partial charge in [-0.1, -0.05) is 67.8 Å². The van der Waals surface area contributed by atoms with Gasteiger partial charge < -0.3 is 45.8 Å². The molecule has 58 heavy (non-hydrogen) atoms. The van der Waals surface area contributed by atoms with Crippen molar-refractivity contribution >= 4 is 38.9 Å². The summed E-state index contributed by atoms with van der Waals surface area (Å²) in [7, 11) is -11.1. The normalized spacial score (nSPS) is 15.6. The van der Waals surface area contributed by atoms with E-state index in [0.29, 0.717) is 44.4 Å². The maximum Gasteiger partial charge on any atom is 1.00 e. The Labute approximate surface area is 360 Å². The van der Waals surface area contributed by atoms with Crippen molar-refractivity contribution in [1.29, 1.82) is 0 Å². The van der Waals surface area contributed by atoms with E-state index < -0.39 is 63.1 Å². The predicted molar refractivity (Wildman–Crippen MR) is 205 cm³/mol. The van der Waals surface area contributed by atoms with Crippen molar-refractivity contribution in [2.75, 3.05) is 19.7 Å². The third kappa shape index (κ3) is 15.3. The second-order valence-electron chi connectivity index (χ2n) is 13.7. The van der Waals surface area contributed by atoms with Crippen LogP contribution in [0.15, 0.2) is 66.7 Å². The van der Waals surface area contributed by atoms with Gasteiger partial charge in [0.15, 0.2) is 6.10 Å². The molecule has 0 unspecified atom stereocenters. The number of carbonyl (C=O) groups excluding carboxylic acids is 4. The number of nitrogens with one attached hydrogen (secondary N) is 1. The molecular formula is C38H53F2N2NaO13P2. The minimum atomic E-state index is -5.55. The molecule has 20 heteroatoms. The summed E-state index contributed by atoms with van der Waals surface area (Å²) in [6.45, 7) is 2.57. The zero-order chi connectivity index (χ0) is 42.3. The summed E-state index contributed by atoms with van der Waals surface area (Å²) in [4.78, 5) is 88.4. The number of carbonyl (C=O) groups is 4. The molecule has 6 N–H and O–H groups in total. The van der Waals surface area contributed by atoms with Gasteiger partial charge in [0.25, 0.3) is 11.0 Å². The minimum Gasteiger partial charge on any atom is -1.00 e. The van der Waals surface area contributed by atoms with Gasteiger partial charge in [0, 0.05) is 37.1 Å². The first-order valence-corrected chi connectivity index (χ1v) is 22.0. The predicted octanol–water partition coefficient (Wildman–Crippen LogP) is 2.40. The van der Waals surface area contributed by atoms with Crippen molar-refractivity contribution < 1.29 is 102 Å². The number of halogens is 2. The van der Waals surface area contributed by atoms with Gasteiger partial charge in [-0.2, -0.15) is 8.78 Å². The van der Waals surface area contributed by atoms with E-state index in [4.69, 9.17) is 9.47 Å². The molecule has 1 aliphatic rings. The third-order valence-corrected chi connectivity index (χ3v) is 13.3. The van der Waals surface area contributed by atoms with Crippen molar-refractivity contribution in [3.63, 3.8) is 0 Å². The number of unbranched alkanes of at least 4 members (excludes halogenated alkanes) is 5. The standard InChI is InChI=1S/C38H52F2N2O13P2.Na.H/c1-2-54-34(44)15-9-3-4-12-26-42-31(21-23-33(42)43)20-22-32(38(39,40)30-13-7-5-8-14-30)55-35(45)27-28-16-18-29(19-17-28)36(46)41-25-11-6-10-24-37(47,56(48,49)50)57(51,52)53;;/h5,7-8,13-14,16-20,22,31-32,47H,2-4,6,9-12,15,21,23-27H2,1H3,(H,41,46)(H2,48,49,50)(H2,51,52,53);;/q;+1;-1/b22-20+;;/t31-,32+;;/m0../s1. The van der Waals surface area contributed by atoms with Crippen LogP contribution in [-0.2, 0) is 45.3 Å². The largest absolute Gasteiger partial charge is 1.00 e. The van der Waals surface area contributed by atoms with Crippen LogP contribution in [0.1, 0.15) is 100 Å². The first-order chi connectivity index (χ1) is 26.8. The fourth-order valence-electron chi connectivity index (χ4n) is 6.23. The molecular weight excluding hydrogens is 815 g/mol. The van der Waals surface area contributed by atoms with Gasteiger partial charge >= 0.3 is 62.6 Å². The average molecular weight is 869 g/mol. The van der Waals surface area contributed by atoms with Gasteiger partial charge in [0.1, 0.15) is 0 Å². The van der Waals surface area contributed by atoms with Crippen LogP contribution >= 0.6 is 15.2 Å². The molecule has 0 radical (unpaired) electrons. The number of ether oxygens (including phenoxy) is 2. The van der Waals surface area contributed by atoms with Gasteiger partial charge in [-0.25, -0.2) is 0 Å². The Kier molecular flexibility index (Phi) is 21.1. The number of hydrogen-bond acceptors (Lipinski definition) is 9. The topological polar surface area (TPSA) is 237 Å². The van der Waals surface area contributed by atoms with E-state index in [0.717, 1.165) is 18.9 Å². The molecule has 2 aromatic rings. The van der Waals surface area contributed by atoms with Gasteiger partial charge in [0.2, 0.25) is 5.91 Å². The molecule has 0 saturated carbocycles. The van der Waals surface area contributed by atoms with Crippen LogP contribution in [0.5, 0.6) is 0 Å². The number of aliphatic hydroxyl groups is 1. The Morgan fingerprint density at radius 2 is 1.55 bits per heavy atom. The van der Waals surface area contributed by atoms with Crippen molar-refractivity contribution in [1.82, 2.24) is 10.2 Å². The first kappa shape index (κ1) is 51.3. The fourth-order valence-corrected chi connectivity index (χ4v) is 8.48. The molecule has 2 amide bonds. The van der Waals surface area contributed by atoms with E-state index in [1.54, 1.807) is 17.9 Å². The molecule has 1 fully saturated rings. The van der Waals surface area contributed by atoms with Crippen LogP contribution in [-0.4, -0.2) is 90.3 Å². The van der Waals surface area contributed by atoms with E-state index in [9.17, 15) is 53.0 Å². The average Bonchev–Trinajstić information content (AvgIpc) is 3.50. The van der Waals surface area contributed by atoms with Crippen molar-refractivity contribution in [3.05, 3.63) is 83.4 Å².